The SMILES string of the molecule is CC(C)(C)OC(=O)NCC(CN)c1ccc(C#N)s1. The lowest BCUT2D eigenvalue weighted by molar-refractivity contribution is 0.0525. The largest absolute Gasteiger partial charge is 0.444 e. The minimum atomic E-state index is -0.515. The number of rotatable bonds is 4. The third-order valence-electron chi connectivity index (χ3n) is 2.32. The molecular formula is C13H19N3O2S. The van der Waals surface area contributed by atoms with Gasteiger partial charge in [-0.3, -0.25) is 0 Å². The number of thiophene rings is 1. The average molecular weight is 281 g/mol. The first-order valence-electron chi connectivity index (χ1n) is 6.02. The Labute approximate surface area is 117 Å². The Bertz CT molecular complexity index is 471. The van der Waals surface area contributed by atoms with Crippen LogP contribution in [0.25, 0.3) is 0 Å². The Balaban J connectivity index is 2.54. The number of nitriles is 1. The molecule has 104 valence electrons. The van der Waals surface area contributed by atoms with Crippen LogP contribution in [0.15, 0.2) is 12.1 Å². The molecule has 5 nitrogen and oxygen atoms in total. The molecule has 19 heavy (non-hydrogen) atoms. The van der Waals surface area contributed by atoms with Crippen molar-refractivity contribution in [1.82, 2.24) is 5.32 Å². The summed E-state index contributed by atoms with van der Waals surface area (Å²) in [7, 11) is 0. The van der Waals surface area contributed by atoms with Crippen LogP contribution >= 0.6 is 11.3 Å². The smallest absolute Gasteiger partial charge is 0.407 e. The van der Waals surface area contributed by atoms with Crippen LogP contribution in [0, 0.1) is 11.3 Å². The molecule has 0 fully saturated rings. The Morgan fingerprint density at radius 1 is 1.58 bits per heavy atom. The maximum atomic E-state index is 11.5. The van der Waals surface area contributed by atoms with E-state index in [0.29, 0.717) is 18.0 Å². The van der Waals surface area contributed by atoms with Crippen LogP contribution in [0.5, 0.6) is 0 Å². The summed E-state index contributed by atoms with van der Waals surface area (Å²) in [4.78, 5) is 13.2. The molecule has 0 saturated heterocycles. The van der Waals surface area contributed by atoms with E-state index in [1.54, 1.807) is 6.07 Å². The molecule has 1 unspecified atom stereocenters. The molecule has 0 radical (unpaired) electrons. The fraction of sp³-hybridized carbons (Fsp3) is 0.538. The maximum Gasteiger partial charge on any atom is 0.407 e. The number of nitrogens with zero attached hydrogens (tertiary/aromatic N) is 1. The Hall–Kier alpha value is -1.58. The number of ether oxygens (including phenoxy) is 1. The molecule has 0 aliphatic rings. The van der Waals surface area contributed by atoms with Crippen molar-refractivity contribution in [3.8, 4) is 6.07 Å². The first-order valence-corrected chi connectivity index (χ1v) is 6.84. The highest BCUT2D eigenvalue weighted by molar-refractivity contribution is 7.12. The molecular weight excluding hydrogens is 262 g/mol. The van der Waals surface area contributed by atoms with Crippen molar-refractivity contribution in [3.05, 3.63) is 21.9 Å². The average Bonchev–Trinajstić information content (AvgIpc) is 2.76. The van der Waals surface area contributed by atoms with Gasteiger partial charge in [0.15, 0.2) is 0 Å². The van der Waals surface area contributed by atoms with Gasteiger partial charge in [-0.2, -0.15) is 5.26 Å². The van der Waals surface area contributed by atoms with Gasteiger partial charge in [0.05, 0.1) is 0 Å². The van der Waals surface area contributed by atoms with E-state index in [2.05, 4.69) is 11.4 Å². The van der Waals surface area contributed by atoms with Gasteiger partial charge in [0.2, 0.25) is 0 Å². The monoisotopic (exact) mass is 281 g/mol. The van der Waals surface area contributed by atoms with E-state index in [1.165, 1.54) is 11.3 Å². The Morgan fingerprint density at radius 3 is 2.74 bits per heavy atom. The predicted molar refractivity (Wildman–Crippen MR) is 75.1 cm³/mol. The molecule has 0 aliphatic heterocycles. The highest BCUT2D eigenvalue weighted by Gasteiger charge is 2.18. The van der Waals surface area contributed by atoms with Crippen LogP contribution in [-0.4, -0.2) is 24.8 Å². The highest BCUT2D eigenvalue weighted by atomic mass is 32.1. The zero-order valence-corrected chi connectivity index (χ0v) is 12.2. The van der Waals surface area contributed by atoms with Crippen LogP contribution in [-0.2, 0) is 4.74 Å². The van der Waals surface area contributed by atoms with E-state index in [0.717, 1.165) is 4.88 Å². The van der Waals surface area contributed by atoms with Crippen molar-refractivity contribution in [2.24, 2.45) is 5.73 Å². The van der Waals surface area contributed by atoms with Gasteiger partial charge in [-0.25, -0.2) is 4.79 Å². The number of nitrogens with one attached hydrogen (secondary N) is 1. The van der Waals surface area contributed by atoms with Crippen LogP contribution < -0.4 is 11.1 Å². The van der Waals surface area contributed by atoms with Gasteiger partial charge in [-0.05, 0) is 32.9 Å². The topological polar surface area (TPSA) is 88.1 Å². The van der Waals surface area contributed by atoms with Crippen molar-refractivity contribution >= 4 is 17.4 Å². The van der Waals surface area contributed by atoms with Gasteiger partial charge >= 0.3 is 6.09 Å². The van der Waals surface area contributed by atoms with Crippen LogP contribution in [0.1, 0.15) is 36.4 Å². The van der Waals surface area contributed by atoms with E-state index in [1.807, 2.05) is 26.8 Å². The van der Waals surface area contributed by atoms with E-state index < -0.39 is 11.7 Å². The lowest BCUT2D eigenvalue weighted by Crippen LogP contribution is -2.36. The number of hydrogen-bond donors (Lipinski definition) is 2. The molecule has 0 aromatic carbocycles. The van der Waals surface area contributed by atoms with Crippen molar-refractivity contribution in [3.63, 3.8) is 0 Å². The molecule has 1 aromatic rings. The minimum absolute atomic E-state index is 0.000353. The molecule has 6 heteroatoms. The molecule has 1 heterocycles. The highest BCUT2D eigenvalue weighted by Crippen LogP contribution is 2.23. The molecule has 0 bridgehead atoms. The summed E-state index contributed by atoms with van der Waals surface area (Å²) in [5, 5.41) is 11.5. The number of carbonyl (C=O) groups is 1. The van der Waals surface area contributed by atoms with Gasteiger partial charge in [0.25, 0.3) is 0 Å². The second-order valence-electron chi connectivity index (χ2n) is 5.13. The molecule has 0 spiro atoms. The van der Waals surface area contributed by atoms with Crippen molar-refractivity contribution in [1.29, 1.82) is 5.26 Å². The zero-order chi connectivity index (χ0) is 14.5. The number of amides is 1. The van der Waals surface area contributed by atoms with Crippen LogP contribution in [0.3, 0.4) is 0 Å². The van der Waals surface area contributed by atoms with Gasteiger partial charge in [-0.1, -0.05) is 0 Å². The minimum Gasteiger partial charge on any atom is -0.444 e. The third-order valence-corrected chi connectivity index (χ3v) is 3.47. The summed E-state index contributed by atoms with van der Waals surface area (Å²) in [5.41, 5.74) is 5.19. The third kappa shape index (κ3) is 5.28. The molecule has 1 atom stereocenters. The van der Waals surface area contributed by atoms with Crippen LogP contribution in [0.2, 0.25) is 0 Å². The first kappa shape index (κ1) is 15.5. The normalized spacial score (nSPS) is 12.6. The second kappa shape index (κ2) is 6.55. The van der Waals surface area contributed by atoms with Crippen molar-refractivity contribution in [2.75, 3.05) is 13.1 Å². The molecule has 3 N–H and O–H groups in total. The fourth-order valence-corrected chi connectivity index (χ4v) is 2.37. The molecule has 1 aromatic heterocycles. The Morgan fingerprint density at radius 2 is 2.26 bits per heavy atom. The van der Waals surface area contributed by atoms with Crippen molar-refractivity contribution < 1.29 is 9.53 Å². The number of alkyl carbamates (subject to hydrolysis) is 1. The fourth-order valence-electron chi connectivity index (χ4n) is 1.45. The predicted octanol–water partition coefficient (Wildman–Crippen LogP) is 2.19. The summed E-state index contributed by atoms with van der Waals surface area (Å²) in [5.74, 6) is -0.000353. The van der Waals surface area contributed by atoms with E-state index in [-0.39, 0.29) is 5.92 Å². The van der Waals surface area contributed by atoms with E-state index in [4.69, 9.17) is 15.7 Å². The molecule has 0 aliphatic carbocycles. The lowest BCUT2D eigenvalue weighted by Gasteiger charge is -2.21. The van der Waals surface area contributed by atoms with Gasteiger partial charge < -0.3 is 15.8 Å². The van der Waals surface area contributed by atoms with Gasteiger partial charge in [0.1, 0.15) is 16.5 Å². The summed E-state index contributed by atoms with van der Waals surface area (Å²) in [6, 6.07) is 5.72. The molecule has 1 amide bonds. The Kier molecular flexibility index (Phi) is 5.33. The maximum absolute atomic E-state index is 11.5. The quantitative estimate of drug-likeness (QED) is 0.885. The first-order chi connectivity index (χ1) is 8.85. The van der Waals surface area contributed by atoms with Gasteiger partial charge in [-0.15, -0.1) is 11.3 Å². The summed E-state index contributed by atoms with van der Waals surface area (Å²) >= 11 is 1.40. The van der Waals surface area contributed by atoms with Crippen molar-refractivity contribution in [2.45, 2.75) is 32.3 Å². The van der Waals surface area contributed by atoms with E-state index >= 15 is 0 Å². The lowest BCUT2D eigenvalue weighted by atomic mass is 10.1. The summed E-state index contributed by atoms with van der Waals surface area (Å²) < 4.78 is 5.16. The number of nitrogens with two attached hydrogens (primary N) is 1. The standard InChI is InChI=1S/C13H19N3O2S/c1-13(2,3)18-12(17)16-8-9(6-14)11-5-4-10(7-15)19-11/h4-5,9H,6,8,14H2,1-3H3,(H,16,17). The zero-order valence-electron chi connectivity index (χ0n) is 11.4. The summed E-state index contributed by atoms with van der Waals surface area (Å²) in [6.45, 7) is 6.24. The van der Waals surface area contributed by atoms with Gasteiger partial charge in [0, 0.05) is 23.9 Å². The molecule has 0 saturated carbocycles. The number of hydrogen-bond acceptors (Lipinski definition) is 5. The second-order valence-corrected chi connectivity index (χ2v) is 6.24. The van der Waals surface area contributed by atoms with E-state index in [9.17, 15) is 4.79 Å². The summed E-state index contributed by atoms with van der Waals surface area (Å²) in [6.07, 6.45) is -0.456. The molecule has 1 rings (SSSR count). The van der Waals surface area contributed by atoms with Crippen LogP contribution in [0.4, 0.5) is 4.79 Å². The number of carbonyl (C=O) groups excluding carboxylic acids is 1.